The van der Waals surface area contributed by atoms with Gasteiger partial charge < -0.3 is 25.4 Å². The van der Waals surface area contributed by atoms with Crippen LogP contribution in [0.15, 0.2) is 46.0 Å². The minimum atomic E-state index is -0.959. The van der Waals surface area contributed by atoms with Gasteiger partial charge in [0.25, 0.3) is 5.56 Å². The van der Waals surface area contributed by atoms with Crippen molar-refractivity contribution in [2.24, 2.45) is 0 Å². The summed E-state index contributed by atoms with van der Waals surface area (Å²) >= 11 is 0. The molecule has 11 nitrogen and oxygen atoms in total. The highest BCUT2D eigenvalue weighted by molar-refractivity contribution is 5.98. The number of rotatable bonds is 4. The number of nitrogens with zero attached hydrogens (tertiary/aromatic N) is 2. The zero-order valence-corrected chi connectivity index (χ0v) is 16.1. The number of hydrogen-bond donors (Lipinski definition) is 6. The Morgan fingerprint density at radius 1 is 1.19 bits per heavy atom. The lowest BCUT2D eigenvalue weighted by Gasteiger charge is -2.14. The summed E-state index contributed by atoms with van der Waals surface area (Å²) < 4.78 is 6.70. The molecule has 6 N–H and O–H groups in total. The molecule has 2 aromatic carbocycles. The topological polar surface area (TPSA) is 165 Å². The van der Waals surface area contributed by atoms with Gasteiger partial charge in [-0.2, -0.15) is 4.98 Å². The fourth-order valence-corrected chi connectivity index (χ4v) is 3.89. The largest absolute Gasteiger partial charge is 0.506 e. The van der Waals surface area contributed by atoms with E-state index < -0.39 is 36.3 Å². The van der Waals surface area contributed by atoms with Crippen LogP contribution in [-0.2, 0) is 4.74 Å². The van der Waals surface area contributed by atoms with Gasteiger partial charge in [-0.3, -0.25) is 14.8 Å². The number of imidazole rings is 1. The summed E-state index contributed by atoms with van der Waals surface area (Å²) in [6, 6.07) is 10.7. The summed E-state index contributed by atoms with van der Waals surface area (Å²) in [5, 5.41) is 34.2. The van der Waals surface area contributed by atoms with Crippen LogP contribution in [0.5, 0.6) is 5.75 Å². The van der Waals surface area contributed by atoms with Gasteiger partial charge in [0.1, 0.15) is 18.1 Å². The molecule has 2 aromatic heterocycles. The Hall–Kier alpha value is -3.67. The van der Waals surface area contributed by atoms with E-state index in [2.05, 4.69) is 20.3 Å². The number of hydrogen-bond acceptors (Lipinski definition) is 8. The van der Waals surface area contributed by atoms with Crippen molar-refractivity contribution in [1.82, 2.24) is 19.5 Å². The molecule has 0 saturated carbocycles. The molecule has 3 heterocycles. The molecule has 5 rings (SSSR count). The number of phenolic OH excluding ortho intramolecular Hbond substituents is 1. The van der Waals surface area contributed by atoms with Gasteiger partial charge in [0.05, 0.1) is 18.4 Å². The van der Waals surface area contributed by atoms with Gasteiger partial charge in [-0.15, -0.1) is 0 Å². The Balaban J connectivity index is 1.62. The third-order valence-corrected chi connectivity index (χ3v) is 5.40. The van der Waals surface area contributed by atoms with Gasteiger partial charge in [0, 0.05) is 11.8 Å². The summed E-state index contributed by atoms with van der Waals surface area (Å²) in [5.41, 5.74) is -0.915. The number of fused-ring (bicyclic) bond motifs is 2. The van der Waals surface area contributed by atoms with E-state index in [0.29, 0.717) is 11.1 Å². The second-order valence-electron chi connectivity index (χ2n) is 7.33. The lowest BCUT2D eigenvalue weighted by atomic mass is 10.1. The average molecular weight is 425 g/mol. The number of nitrogens with one attached hydrogen (secondary N) is 3. The predicted molar refractivity (Wildman–Crippen MR) is 111 cm³/mol. The maximum atomic E-state index is 12.6. The second kappa shape index (κ2) is 7.23. The molecule has 0 bridgehead atoms. The van der Waals surface area contributed by atoms with E-state index in [4.69, 9.17) is 4.74 Å². The van der Waals surface area contributed by atoms with Crippen LogP contribution in [0.4, 0.5) is 11.6 Å². The molecule has 160 valence electrons. The van der Waals surface area contributed by atoms with Crippen LogP contribution in [0.3, 0.4) is 0 Å². The second-order valence-corrected chi connectivity index (χ2v) is 7.33. The summed E-state index contributed by atoms with van der Waals surface area (Å²) in [7, 11) is 0. The summed E-state index contributed by atoms with van der Waals surface area (Å²) in [6.45, 7) is -0.407. The van der Waals surface area contributed by atoms with E-state index in [1.165, 1.54) is 6.07 Å². The molecule has 0 radical (unpaired) electrons. The Morgan fingerprint density at radius 3 is 2.77 bits per heavy atom. The standard InChI is InChI=1S/C20H19N5O6/c26-8-13-12(28)7-14(31-13)25-17-16(22-20(25)30)18(29)24-19(23-17)21-15-10-4-2-1-3-9(10)5-6-11(15)27/h1-6,12-14,26-28H,7-8H2,(H,22,30)(H2,21,23,24,29)/t12-,13+,14+/m0/s1. The lowest BCUT2D eigenvalue weighted by molar-refractivity contribution is -0.0441. The normalized spacial score (nSPS) is 21.2. The molecule has 0 amide bonds. The smallest absolute Gasteiger partial charge is 0.329 e. The minimum Gasteiger partial charge on any atom is -0.506 e. The van der Waals surface area contributed by atoms with Crippen molar-refractivity contribution < 1.29 is 20.1 Å². The first-order valence-corrected chi connectivity index (χ1v) is 9.63. The molecule has 31 heavy (non-hydrogen) atoms. The summed E-state index contributed by atoms with van der Waals surface area (Å²) in [5.74, 6) is -0.0323. The zero-order valence-electron chi connectivity index (χ0n) is 16.1. The Labute approximate surface area is 173 Å². The van der Waals surface area contributed by atoms with Crippen molar-refractivity contribution in [1.29, 1.82) is 0 Å². The quantitative estimate of drug-likeness (QED) is 0.259. The van der Waals surface area contributed by atoms with Crippen molar-refractivity contribution in [2.75, 3.05) is 11.9 Å². The van der Waals surface area contributed by atoms with Crippen LogP contribution < -0.4 is 16.6 Å². The molecule has 1 aliphatic heterocycles. The number of aromatic nitrogens is 4. The number of H-pyrrole nitrogens is 2. The fourth-order valence-electron chi connectivity index (χ4n) is 3.89. The highest BCUT2D eigenvalue weighted by Crippen LogP contribution is 2.34. The molecule has 0 aliphatic carbocycles. The number of aromatic hydroxyl groups is 1. The molecule has 1 aliphatic rings. The van der Waals surface area contributed by atoms with E-state index in [1.807, 2.05) is 24.3 Å². The molecule has 0 spiro atoms. The Bertz CT molecular complexity index is 1410. The highest BCUT2D eigenvalue weighted by atomic mass is 16.5. The minimum absolute atomic E-state index is 0.00848. The number of benzene rings is 2. The van der Waals surface area contributed by atoms with E-state index >= 15 is 0 Å². The summed E-state index contributed by atoms with van der Waals surface area (Å²) in [4.78, 5) is 34.5. The van der Waals surface area contributed by atoms with Gasteiger partial charge >= 0.3 is 5.69 Å². The van der Waals surface area contributed by atoms with E-state index in [-0.39, 0.29) is 29.3 Å². The van der Waals surface area contributed by atoms with Crippen molar-refractivity contribution >= 4 is 33.6 Å². The lowest BCUT2D eigenvalue weighted by Crippen LogP contribution is -2.25. The summed E-state index contributed by atoms with van der Waals surface area (Å²) in [6.07, 6.45) is -2.64. The van der Waals surface area contributed by atoms with Crippen molar-refractivity contribution in [3.63, 3.8) is 0 Å². The van der Waals surface area contributed by atoms with Crippen LogP contribution in [-0.4, -0.2) is 53.7 Å². The first kappa shape index (κ1) is 19.3. The maximum absolute atomic E-state index is 12.6. The first-order chi connectivity index (χ1) is 15.0. The highest BCUT2D eigenvalue weighted by Gasteiger charge is 2.36. The molecule has 4 aromatic rings. The zero-order chi connectivity index (χ0) is 21.7. The fraction of sp³-hybridized carbons (Fsp3) is 0.250. The van der Waals surface area contributed by atoms with Crippen LogP contribution in [0.2, 0.25) is 0 Å². The number of aromatic amines is 2. The van der Waals surface area contributed by atoms with Crippen molar-refractivity contribution in [3.8, 4) is 5.75 Å². The van der Waals surface area contributed by atoms with Crippen molar-refractivity contribution in [3.05, 3.63) is 57.2 Å². The number of phenols is 1. The van der Waals surface area contributed by atoms with E-state index in [0.717, 1.165) is 9.95 Å². The number of anilines is 2. The van der Waals surface area contributed by atoms with Crippen LogP contribution in [0.25, 0.3) is 21.9 Å². The number of aliphatic hydroxyl groups is 2. The van der Waals surface area contributed by atoms with E-state index in [1.54, 1.807) is 6.07 Å². The SMILES string of the molecule is O=c1[nH]c(Nc2c(O)ccc3ccccc23)nc2c1[nH]c(=O)n2[C@H]1C[C@H](O)[C@@H](CO)O1. The number of ether oxygens (including phenoxy) is 1. The molecule has 11 heteroatoms. The monoisotopic (exact) mass is 425 g/mol. The Morgan fingerprint density at radius 2 is 2.00 bits per heavy atom. The Kier molecular flexibility index (Phi) is 4.50. The van der Waals surface area contributed by atoms with Gasteiger partial charge in [-0.1, -0.05) is 30.3 Å². The van der Waals surface area contributed by atoms with Gasteiger partial charge in [0.2, 0.25) is 5.95 Å². The molecule has 3 atom stereocenters. The van der Waals surface area contributed by atoms with Gasteiger partial charge in [0.15, 0.2) is 11.2 Å². The average Bonchev–Trinajstić information content (AvgIpc) is 3.29. The van der Waals surface area contributed by atoms with E-state index in [9.17, 15) is 24.9 Å². The molecule has 0 unspecified atom stereocenters. The van der Waals surface area contributed by atoms with Gasteiger partial charge in [-0.05, 0) is 11.5 Å². The number of aliphatic hydroxyl groups excluding tert-OH is 2. The maximum Gasteiger partial charge on any atom is 0.329 e. The molecule has 1 saturated heterocycles. The molecular formula is C20H19N5O6. The predicted octanol–water partition coefficient (Wildman–Crippen LogP) is 0.656. The first-order valence-electron chi connectivity index (χ1n) is 9.63. The molecular weight excluding hydrogens is 406 g/mol. The third-order valence-electron chi connectivity index (χ3n) is 5.40. The van der Waals surface area contributed by atoms with Gasteiger partial charge in [-0.25, -0.2) is 9.36 Å². The van der Waals surface area contributed by atoms with Crippen LogP contribution in [0, 0.1) is 0 Å². The third kappa shape index (κ3) is 3.15. The van der Waals surface area contributed by atoms with Crippen molar-refractivity contribution in [2.45, 2.75) is 24.9 Å². The molecule has 1 fully saturated rings. The van der Waals surface area contributed by atoms with Crippen LogP contribution >= 0.6 is 0 Å². The van der Waals surface area contributed by atoms with Crippen LogP contribution in [0.1, 0.15) is 12.6 Å².